The van der Waals surface area contributed by atoms with E-state index in [-0.39, 0.29) is 6.29 Å². The van der Waals surface area contributed by atoms with Crippen molar-refractivity contribution in [2.45, 2.75) is 46.3 Å². The van der Waals surface area contributed by atoms with Crippen LogP contribution in [0.3, 0.4) is 0 Å². The Labute approximate surface area is 190 Å². The van der Waals surface area contributed by atoms with E-state index in [4.69, 9.17) is 14.2 Å². The highest BCUT2D eigenvalue weighted by Gasteiger charge is 2.12. The lowest BCUT2D eigenvalue weighted by atomic mass is 9.96. The number of hydrogen-bond donors (Lipinski definition) is 0. The third-order valence-corrected chi connectivity index (χ3v) is 6.20. The second-order valence-electron chi connectivity index (χ2n) is 8.33. The summed E-state index contributed by atoms with van der Waals surface area (Å²) in [7, 11) is 0. The lowest BCUT2D eigenvalue weighted by Gasteiger charge is -2.18. The van der Waals surface area contributed by atoms with Crippen molar-refractivity contribution < 1.29 is 14.2 Å². The van der Waals surface area contributed by atoms with Gasteiger partial charge in [-0.15, -0.1) is 0 Å². The van der Waals surface area contributed by atoms with Crippen molar-refractivity contribution in [2.24, 2.45) is 0 Å². The summed E-state index contributed by atoms with van der Waals surface area (Å²) in [6.07, 6.45) is 0.783. The fraction of sp³-hybridized carbons (Fsp3) is 0.310. The van der Waals surface area contributed by atoms with Gasteiger partial charge in [-0.2, -0.15) is 0 Å². The topological polar surface area (TPSA) is 27.7 Å². The van der Waals surface area contributed by atoms with E-state index < -0.39 is 0 Å². The lowest BCUT2D eigenvalue weighted by molar-refractivity contribution is -0.0737. The average molecular weight is 429 g/mol. The van der Waals surface area contributed by atoms with Crippen LogP contribution in [0.2, 0.25) is 0 Å². The molecule has 2 atom stereocenters. The molecule has 0 N–H and O–H groups in total. The Hall–Kier alpha value is -3.04. The summed E-state index contributed by atoms with van der Waals surface area (Å²) >= 11 is 0. The summed E-state index contributed by atoms with van der Waals surface area (Å²) in [6, 6.07) is 25.1. The van der Waals surface area contributed by atoms with Gasteiger partial charge in [0.05, 0.1) is 6.61 Å². The molecule has 0 saturated carbocycles. The maximum atomic E-state index is 6.26. The van der Waals surface area contributed by atoms with E-state index in [1.807, 2.05) is 19.1 Å². The zero-order chi connectivity index (χ0) is 22.5. The van der Waals surface area contributed by atoms with Gasteiger partial charge in [-0.3, -0.25) is 0 Å². The van der Waals surface area contributed by atoms with Gasteiger partial charge >= 0.3 is 0 Å². The molecule has 0 aliphatic carbocycles. The number of ether oxygens (including phenoxy) is 3. The molecule has 0 heterocycles. The Morgan fingerprint density at radius 2 is 1.28 bits per heavy atom. The molecule has 0 bridgehead atoms. The van der Waals surface area contributed by atoms with Crippen molar-refractivity contribution in [3.8, 4) is 11.5 Å². The quantitative estimate of drug-likeness (QED) is 0.156. The second-order valence-corrected chi connectivity index (χ2v) is 8.33. The van der Waals surface area contributed by atoms with E-state index in [1.54, 1.807) is 0 Å². The van der Waals surface area contributed by atoms with Crippen LogP contribution in [0.4, 0.5) is 0 Å². The summed E-state index contributed by atoms with van der Waals surface area (Å²) in [5.41, 5.74) is 2.61. The van der Waals surface area contributed by atoms with Crippen LogP contribution < -0.4 is 9.47 Å². The predicted molar refractivity (Wildman–Crippen MR) is 133 cm³/mol. The van der Waals surface area contributed by atoms with Crippen LogP contribution >= 0.6 is 0 Å². The van der Waals surface area contributed by atoms with Crippen molar-refractivity contribution in [1.29, 1.82) is 0 Å². The Morgan fingerprint density at radius 1 is 0.719 bits per heavy atom. The molecule has 4 rings (SSSR count). The molecule has 0 amide bonds. The molecule has 2 unspecified atom stereocenters. The van der Waals surface area contributed by atoms with E-state index >= 15 is 0 Å². The molecule has 3 heteroatoms. The highest BCUT2D eigenvalue weighted by Crippen LogP contribution is 2.37. The maximum Gasteiger partial charge on any atom is 0.197 e. The first-order valence-corrected chi connectivity index (χ1v) is 11.5. The van der Waals surface area contributed by atoms with Crippen LogP contribution in [-0.2, 0) is 4.74 Å². The first kappa shape index (κ1) is 22.2. The second kappa shape index (κ2) is 10.1. The first-order valence-electron chi connectivity index (χ1n) is 11.5. The third kappa shape index (κ3) is 4.73. The van der Waals surface area contributed by atoms with Crippen molar-refractivity contribution in [2.75, 3.05) is 13.2 Å². The van der Waals surface area contributed by atoms with Gasteiger partial charge in [-0.25, -0.2) is 0 Å². The lowest BCUT2D eigenvalue weighted by Crippen LogP contribution is -2.20. The summed E-state index contributed by atoms with van der Waals surface area (Å²) in [4.78, 5) is 0. The molecule has 3 nitrogen and oxygen atoms in total. The number of rotatable bonds is 9. The Bertz CT molecular complexity index is 1120. The smallest absolute Gasteiger partial charge is 0.197 e. The Kier molecular flexibility index (Phi) is 6.96. The van der Waals surface area contributed by atoms with Gasteiger partial charge in [0.2, 0.25) is 0 Å². The van der Waals surface area contributed by atoms with Gasteiger partial charge in [0.15, 0.2) is 6.29 Å². The highest BCUT2D eigenvalue weighted by atomic mass is 16.7. The minimum atomic E-state index is -0.348. The molecule has 0 radical (unpaired) electrons. The predicted octanol–water partition coefficient (Wildman–Crippen LogP) is 7.64. The molecule has 166 valence electrons. The fourth-order valence-corrected chi connectivity index (χ4v) is 4.16. The molecule has 0 aliphatic rings. The van der Waals surface area contributed by atoms with Crippen molar-refractivity contribution >= 4 is 21.5 Å². The van der Waals surface area contributed by atoms with Crippen LogP contribution in [0.1, 0.15) is 44.2 Å². The molecule has 0 aromatic heterocycles. The number of benzene rings is 4. The van der Waals surface area contributed by atoms with E-state index in [0.29, 0.717) is 19.1 Å². The number of hydrogen-bond acceptors (Lipinski definition) is 3. The molecule has 0 fully saturated rings. The number of fused-ring (bicyclic) bond motifs is 2. The van der Waals surface area contributed by atoms with E-state index in [0.717, 1.165) is 28.7 Å². The molecular weight excluding hydrogens is 396 g/mol. The molecular formula is C29H32O3. The van der Waals surface area contributed by atoms with Crippen LogP contribution in [0.15, 0.2) is 72.8 Å². The van der Waals surface area contributed by atoms with Crippen LogP contribution in [-0.4, -0.2) is 19.5 Å². The van der Waals surface area contributed by atoms with E-state index in [2.05, 4.69) is 81.4 Å². The zero-order valence-electron chi connectivity index (χ0n) is 19.4. The molecule has 0 saturated heterocycles. The number of aryl methyl sites for hydroxylation is 1. The average Bonchev–Trinajstić information content (AvgIpc) is 2.83. The Morgan fingerprint density at radius 3 is 1.84 bits per heavy atom. The van der Waals surface area contributed by atoms with Crippen molar-refractivity contribution in [3.05, 3.63) is 83.9 Å². The minimum absolute atomic E-state index is 0.348. The van der Waals surface area contributed by atoms with Crippen molar-refractivity contribution in [3.63, 3.8) is 0 Å². The molecule has 4 aromatic rings. The molecule has 4 aromatic carbocycles. The minimum Gasteiger partial charge on any atom is -0.490 e. The maximum absolute atomic E-state index is 6.26. The molecule has 0 spiro atoms. The van der Waals surface area contributed by atoms with E-state index in [9.17, 15) is 0 Å². The summed E-state index contributed by atoms with van der Waals surface area (Å²) in [6.45, 7) is 9.43. The van der Waals surface area contributed by atoms with Crippen LogP contribution in [0, 0.1) is 6.92 Å². The SMILES string of the molecule is CCC(C)c1ccc(OC(C)OCCOc2c3ccccc3c(C)c3ccccc23)cc1. The monoisotopic (exact) mass is 428 g/mol. The third-order valence-electron chi connectivity index (χ3n) is 6.20. The van der Waals surface area contributed by atoms with Gasteiger partial charge < -0.3 is 14.2 Å². The largest absolute Gasteiger partial charge is 0.490 e. The molecule has 32 heavy (non-hydrogen) atoms. The summed E-state index contributed by atoms with van der Waals surface area (Å²) in [5.74, 6) is 2.30. The van der Waals surface area contributed by atoms with Gasteiger partial charge in [0.1, 0.15) is 18.1 Å². The van der Waals surface area contributed by atoms with E-state index in [1.165, 1.54) is 21.9 Å². The fourth-order valence-electron chi connectivity index (χ4n) is 4.16. The van der Waals surface area contributed by atoms with Gasteiger partial charge in [0.25, 0.3) is 0 Å². The summed E-state index contributed by atoms with van der Waals surface area (Å²) < 4.78 is 18.0. The first-order chi connectivity index (χ1) is 15.6. The van der Waals surface area contributed by atoms with Crippen molar-refractivity contribution in [1.82, 2.24) is 0 Å². The van der Waals surface area contributed by atoms with Crippen LogP contribution in [0.5, 0.6) is 11.5 Å². The Balaban J connectivity index is 1.39. The van der Waals surface area contributed by atoms with Crippen LogP contribution in [0.25, 0.3) is 21.5 Å². The van der Waals surface area contributed by atoms with Gasteiger partial charge in [-0.05, 0) is 60.2 Å². The summed E-state index contributed by atoms with van der Waals surface area (Å²) in [5, 5.41) is 4.71. The van der Waals surface area contributed by atoms with Gasteiger partial charge in [0, 0.05) is 10.8 Å². The standard InChI is InChI=1S/C29H32O3/c1-5-20(2)23-14-16-24(17-15-23)32-22(4)30-18-19-31-29-27-12-8-6-10-25(27)21(3)26-11-7-9-13-28(26)29/h6-17,20,22H,5,18-19H2,1-4H3. The van der Waals surface area contributed by atoms with Gasteiger partial charge in [-0.1, -0.05) is 74.5 Å². The zero-order valence-corrected chi connectivity index (χ0v) is 19.4. The highest BCUT2D eigenvalue weighted by molar-refractivity contribution is 6.08. The molecule has 0 aliphatic heterocycles. The normalized spacial score (nSPS) is 13.2.